The predicted octanol–water partition coefficient (Wildman–Crippen LogP) is 3.38. The average molecular weight is 372 g/mol. The Morgan fingerprint density at radius 1 is 1.08 bits per heavy atom. The lowest BCUT2D eigenvalue weighted by Gasteiger charge is -2.39. The van der Waals surface area contributed by atoms with Crippen LogP contribution in [-0.2, 0) is 6.42 Å². The summed E-state index contributed by atoms with van der Waals surface area (Å²) in [6.45, 7) is 2.86. The van der Waals surface area contributed by atoms with Gasteiger partial charge in [-0.2, -0.15) is 0 Å². The van der Waals surface area contributed by atoms with Crippen molar-refractivity contribution >= 4 is 17.4 Å². The number of aliphatic hydroxyl groups is 1. The van der Waals surface area contributed by atoms with Crippen LogP contribution in [0.1, 0.15) is 24.8 Å². The van der Waals surface area contributed by atoms with Gasteiger partial charge in [0, 0.05) is 42.9 Å². The molecule has 0 unspecified atom stereocenters. The number of pyridine rings is 1. The molecular weight excluding hydrogens is 346 g/mol. The van der Waals surface area contributed by atoms with Crippen LogP contribution in [0.25, 0.3) is 0 Å². The molecule has 2 saturated heterocycles. The minimum absolute atomic E-state index is 0.207. The second-order valence-corrected chi connectivity index (χ2v) is 7.91. The molecule has 0 saturated carbocycles. The molecule has 2 aliphatic rings. The molecule has 26 heavy (non-hydrogen) atoms. The number of β-amino-alcohol motifs (C(OH)–C–C–N with tert-alkyl or cyclic N) is 1. The van der Waals surface area contributed by atoms with Crippen LogP contribution < -0.4 is 4.90 Å². The van der Waals surface area contributed by atoms with E-state index in [9.17, 15) is 5.11 Å². The molecule has 1 aromatic heterocycles. The number of nitrogens with zero attached hydrogens (tertiary/aromatic N) is 3. The first-order valence-corrected chi connectivity index (χ1v) is 9.91. The van der Waals surface area contributed by atoms with Gasteiger partial charge in [-0.15, -0.1) is 0 Å². The van der Waals surface area contributed by atoms with Crippen LogP contribution in [0.3, 0.4) is 0 Å². The molecule has 1 N–H and O–H groups in total. The van der Waals surface area contributed by atoms with Gasteiger partial charge in [-0.1, -0.05) is 29.8 Å². The van der Waals surface area contributed by atoms with Crippen molar-refractivity contribution in [2.45, 2.75) is 43.9 Å². The highest BCUT2D eigenvalue weighted by atomic mass is 35.5. The normalized spacial score (nSPS) is 24.9. The number of aliphatic hydroxyl groups excluding tert-OH is 1. The molecule has 2 aliphatic heterocycles. The Balaban J connectivity index is 1.39. The van der Waals surface area contributed by atoms with E-state index < -0.39 is 0 Å². The van der Waals surface area contributed by atoms with Gasteiger partial charge in [0.15, 0.2) is 0 Å². The topological polar surface area (TPSA) is 39.6 Å². The number of aromatic nitrogens is 1. The van der Waals surface area contributed by atoms with Crippen LogP contribution in [0, 0.1) is 0 Å². The molecular formula is C21H26ClN3O. The molecule has 1 aromatic carbocycles. The fourth-order valence-corrected chi connectivity index (χ4v) is 4.55. The average Bonchev–Trinajstić information content (AvgIpc) is 3.05. The molecule has 5 heteroatoms. The van der Waals surface area contributed by atoms with Crippen LogP contribution in [0.4, 0.5) is 5.82 Å². The summed E-state index contributed by atoms with van der Waals surface area (Å²) in [5, 5.41) is 11.0. The molecule has 0 amide bonds. The van der Waals surface area contributed by atoms with Gasteiger partial charge >= 0.3 is 0 Å². The predicted molar refractivity (Wildman–Crippen MR) is 106 cm³/mol. The molecule has 0 radical (unpaired) electrons. The Labute approximate surface area is 160 Å². The van der Waals surface area contributed by atoms with Crippen molar-refractivity contribution in [2.24, 2.45) is 0 Å². The Morgan fingerprint density at radius 3 is 2.54 bits per heavy atom. The van der Waals surface area contributed by atoms with Crippen LogP contribution in [0.15, 0.2) is 48.7 Å². The Kier molecular flexibility index (Phi) is 5.44. The molecule has 2 atom stereocenters. The van der Waals surface area contributed by atoms with E-state index in [1.807, 2.05) is 30.5 Å². The van der Waals surface area contributed by atoms with Gasteiger partial charge in [-0.05, 0) is 55.5 Å². The second-order valence-electron chi connectivity index (χ2n) is 7.48. The van der Waals surface area contributed by atoms with Gasteiger partial charge in [0.1, 0.15) is 5.82 Å². The Morgan fingerprint density at radius 2 is 1.85 bits per heavy atom. The number of piperidine rings is 1. The smallest absolute Gasteiger partial charge is 0.128 e. The number of likely N-dealkylation sites (tertiary alicyclic amines) is 1. The Bertz CT molecular complexity index is 701. The second kappa shape index (κ2) is 7.95. The molecule has 2 fully saturated rings. The number of rotatable bonds is 4. The first-order chi connectivity index (χ1) is 12.7. The van der Waals surface area contributed by atoms with Gasteiger partial charge in [0.2, 0.25) is 0 Å². The van der Waals surface area contributed by atoms with Crippen molar-refractivity contribution < 1.29 is 5.11 Å². The zero-order valence-electron chi connectivity index (χ0n) is 15.0. The van der Waals surface area contributed by atoms with Crippen molar-refractivity contribution in [1.82, 2.24) is 9.88 Å². The lowest BCUT2D eigenvalue weighted by molar-refractivity contribution is 0.130. The van der Waals surface area contributed by atoms with Crippen LogP contribution in [-0.4, -0.2) is 52.8 Å². The van der Waals surface area contributed by atoms with Crippen molar-refractivity contribution in [3.05, 3.63) is 59.2 Å². The van der Waals surface area contributed by atoms with E-state index in [-0.39, 0.29) is 6.10 Å². The highest BCUT2D eigenvalue weighted by molar-refractivity contribution is 6.30. The highest BCUT2D eigenvalue weighted by Gasteiger charge is 2.36. The van der Waals surface area contributed by atoms with Crippen LogP contribution in [0.2, 0.25) is 5.02 Å². The first-order valence-electron chi connectivity index (χ1n) is 9.53. The fourth-order valence-electron chi connectivity index (χ4n) is 4.42. The van der Waals surface area contributed by atoms with E-state index in [4.69, 9.17) is 11.6 Å². The van der Waals surface area contributed by atoms with Crippen molar-refractivity contribution in [1.29, 1.82) is 0 Å². The third kappa shape index (κ3) is 4.03. The van der Waals surface area contributed by atoms with E-state index in [2.05, 4.69) is 33.0 Å². The summed E-state index contributed by atoms with van der Waals surface area (Å²) in [5.41, 5.74) is 1.30. The molecule has 4 rings (SSSR count). The van der Waals surface area contributed by atoms with E-state index >= 15 is 0 Å². The molecule has 0 bridgehead atoms. The minimum Gasteiger partial charge on any atom is -0.392 e. The van der Waals surface area contributed by atoms with E-state index in [1.165, 1.54) is 5.56 Å². The zero-order chi connectivity index (χ0) is 17.9. The standard InChI is InChI=1S/C21H26ClN3O/c22-17-6-4-16(5-7-17)13-19-14-20(26)15-25(19)18-8-11-24(12-9-18)21-3-1-2-10-23-21/h1-7,10,18-20,26H,8-9,11-15H2/t19-,20+/m0/s1. The molecule has 2 aromatic rings. The monoisotopic (exact) mass is 371 g/mol. The van der Waals surface area contributed by atoms with E-state index in [0.29, 0.717) is 12.1 Å². The summed E-state index contributed by atoms with van der Waals surface area (Å²) in [7, 11) is 0. The van der Waals surface area contributed by atoms with E-state index in [1.54, 1.807) is 0 Å². The van der Waals surface area contributed by atoms with Gasteiger partial charge in [0.25, 0.3) is 0 Å². The third-order valence-electron chi connectivity index (χ3n) is 5.73. The summed E-state index contributed by atoms with van der Waals surface area (Å²) in [4.78, 5) is 9.40. The minimum atomic E-state index is -0.207. The lowest BCUT2D eigenvalue weighted by Crippen LogP contribution is -2.47. The summed E-state index contributed by atoms with van der Waals surface area (Å²) < 4.78 is 0. The Hall–Kier alpha value is -1.62. The maximum Gasteiger partial charge on any atom is 0.128 e. The fraction of sp³-hybridized carbons (Fsp3) is 0.476. The van der Waals surface area contributed by atoms with Gasteiger partial charge in [0.05, 0.1) is 6.10 Å². The van der Waals surface area contributed by atoms with Crippen LogP contribution >= 0.6 is 11.6 Å². The van der Waals surface area contributed by atoms with Crippen molar-refractivity contribution in [3.63, 3.8) is 0 Å². The van der Waals surface area contributed by atoms with Gasteiger partial charge < -0.3 is 10.0 Å². The quantitative estimate of drug-likeness (QED) is 0.894. The number of benzene rings is 1. The molecule has 138 valence electrons. The van der Waals surface area contributed by atoms with E-state index in [0.717, 1.165) is 56.2 Å². The maximum atomic E-state index is 10.3. The van der Waals surface area contributed by atoms with Crippen molar-refractivity contribution in [2.75, 3.05) is 24.5 Å². The molecule has 3 heterocycles. The molecule has 0 aliphatic carbocycles. The largest absolute Gasteiger partial charge is 0.392 e. The maximum absolute atomic E-state index is 10.3. The highest BCUT2D eigenvalue weighted by Crippen LogP contribution is 2.29. The summed E-state index contributed by atoms with van der Waals surface area (Å²) in [6.07, 6.45) is 5.75. The van der Waals surface area contributed by atoms with Gasteiger partial charge in [-0.3, -0.25) is 4.90 Å². The molecule has 0 spiro atoms. The first kappa shape index (κ1) is 17.8. The summed E-state index contributed by atoms with van der Waals surface area (Å²) >= 11 is 6.01. The summed E-state index contributed by atoms with van der Waals surface area (Å²) in [6, 6.07) is 15.2. The van der Waals surface area contributed by atoms with Crippen molar-refractivity contribution in [3.8, 4) is 0 Å². The van der Waals surface area contributed by atoms with Crippen LogP contribution in [0.5, 0.6) is 0 Å². The van der Waals surface area contributed by atoms with Gasteiger partial charge in [-0.25, -0.2) is 4.98 Å². The SMILES string of the molecule is O[C@@H]1C[C@H](Cc2ccc(Cl)cc2)N(C2CCN(c3ccccn3)CC2)C1. The third-order valence-corrected chi connectivity index (χ3v) is 5.98. The number of anilines is 1. The number of hydrogen-bond acceptors (Lipinski definition) is 4. The zero-order valence-corrected chi connectivity index (χ0v) is 15.7. The summed E-state index contributed by atoms with van der Waals surface area (Å²) in [5.74, 6) is 1.07. The lowest BCUT2D eigenvalue weighted by atomic mass is 9.99. The number of halogens is 1. The molecule has 4 nitrogen and oxygen atoms in total. The number of hydrogen-bond donors (Lipinski definition) is 1.